The summed E-state index contributed by atoms with van der Waals surface area (Å²) in [6, 6.07) is 0. The molecule has 22 nitrogen and oxygen atoms in total. The predicted octanol–water partition coefficient (Wildman–Crippen LogP) is 6.46. The van der Waals surface area contributed by atoms with Crippen molar-refractivity contribution in [3.8, 4) is 0 Å². The maximum Gasteiger partial charge on any atom is 0.472 e. The monoisotopic (exact) mass is 1210 g/mol. The Morgan fingerprint density at radius 3 is 1.24 bits per heavy atom. The van der Waals surface area contributed by atoms with Gasteiger partial charge in [0.15, 0.2) is 18.7 Å². The Kier molecular flexibility index (Phi) is 37.1. The van der Waals surface area contributed by atoms with Gasteiger partial charge in [-0.3, -0.25) is 23.4 Å². The third-order valence-corrected chi connectivity index (χ3v) is 16.2. The van der Waals surface area contributed by atoms with E-state index in [1.54, 1.807) is 0 Å². The van der Waals surface area contributed by atoms with Crippen molar-refractivity contribution in [1.29, 1.82) is 0 Å². The van der Waals surface area contributed by atoms with Crippen molar-refractivity contribution in [2.75, 3.05) is 39.5 Å². The van der Waals surface area contributed by atoms with Crippen LogP contribution in [0.4, 0.5) is 13.2 Å². The molecule has 82 heavy (non-hydrogen) atoms. The van der Waals surface area contributed by atoms with Gasteiger partial charge in [-0.2, -0.15) is 13.2 Å². The Balaban J connectivity index is 1.74. The first kappa shape index (κ1) is 74.1. The highest BCUT2D eigenvalue weighted by Gasteiger charge is 2.55. The van der Waals surface area contributed by atoms with Crippen molar-refractivity contribution in [3.05, 3.63) is 0 Å². The normalized spacial score (nSPS) is 28.2. The van der Waals surface area contributed by atoms with Crippen molar-refractivity contribution in [2.24, 2.45) is 0 Å². The van der Waals surface area contributed by atoms with Crippen molar-refractivity contribution in [1.82, 2.24) is 4.90 Å². The fourth-order valence-corrected chi connectivity index (χ4v) is 11.3. The summed E-state index contributed by atoms with van der Waals surface area (Å²) >= 11 is 0. The summed E-state index contributed by atoms with van der Waals surface area (Å²) in [5, 5.41) is 83.1. The molecule has 26 heteroatoms. The molecule has 0 saturated carbocycles. The number of phosphoric ester groups is 1. The number of piperidine rings is 1. The van der Waals surface area contributed by atoms with E-state index in [0.29, 0.717) is 19.3 Å². The third-order valence-electron chi connectivity index (χ3n) is 15.3. The minimum Gasteiger partial charge on any atom is -0.462 e. The lowest BCUT2D eigenvalue weighted by molar-refractivity contribution is -0.339. The predicted molar refractivity (Wildman–Crippen MR) is 291 cm³/mol. The van der Waals surface area contributed by atoms with Crippen LogP contribution in [0.1, 0.15) is 206 Å². The van der Waals surface area contributed by atoms with Crippen molar-refractivity contribution >= 4 is 25.7 Å². The number of unbranched alkanes of at least 4 members (excludes halogenated alkanes) is 26. The van der Waals surface area contributed by atoms with Gasteiger partial charge in [-0.15, -0.1) is 0 Å². The summed E-state index contributed by atoms with van der Waals surface area (Å²) < 4.78 is 100. The number of phosphoric acid groups is 1. The summed E-state index contributed by atoms with van der Waals surface area (Å²) in [5.74, 6) is -3.90. The second kappa shape index (κ2) is 41.1. The molecule has 3 heterocycles. The molecule has 3 rings (SSSR count). The Bertz CT molecular complexity index is 1730. The summed E-state index contributed by atoms with van der Waals surface area (Å²) in [4.78, 5) is 50.5. The van der Waals surface area contributed by atoms with Crippen LogP contribution >= 0.6 is 7.82 Å². The maximum absolute atomic E-state index is 14.1. The number of hydrogen-bond donors (Lipinski definition) is 9. The number of hydrogen-bond acceptors (Lipinski definition) is 20. The van der Waals surface area contributed by atoms with Gasteiger partial charge in [0, 0.05) is 12.8 Å². The topological polar surface area (TPSA) is 327 Å². The average Bonchev–Trinajstić information content (AvgIpc) is 3.54. The first-order chi connectivity index (χ1) is 39.2. The van der Waals surface area contributed by atoms with Crippen LogP contribution in [0, 0.1) is 0 Å². The van der Waals surface area contributed by atoms with E-state index in [2.05, 4.69) is 13.8 Å². The second-order valence-electron chi connectivity index (χ2n) is 22.3. The zero-order valence-electron chi connectivity index (χ0n) is 48.5. The standard InChI is InChI=1S/C56H101F3NO21P/c1-3-5-7-9-11-13-15-17-18-20-21-23-25-27-29-31-44(63)74-37-39(76-45(64)32-30-28-26-24-22-19-16-14-12-10-8-6-4-2)38-75-82(72,73)81-52-40(77-53-50(69)48(67)46(65)42(35-61)79-53)33-60(55(71)56(57,58)59)34-41(52)78-54-51(70)49(68)47(66)43(36-62)80-54/h39-43,46-54,61-62,65-70H,3-38H2,1-2H3,(H,72,73)/t39-,40-,41+,42-,43+,46-,47+,48+,49-,50+,51-,52?,53+,54-/m1/s1. The molecule has 0 aromatic carbocycles. The highest BCUT2D eigenvalue weighted by molar-refractivity contribution is 7.47. The summed E-state index contributed by atoms with van der Waals surface area (Å²) in [6.45, 7) is -1.58. The number of ether oxygens (including phenoxy) is 6. The molecule has 3 saturated heterocycles. The Labute approximate surface area is 482 Å². The van der Waals surface area contributed by atoms with Gasteiger partial charge in [0.25, 0.3) is 0 Å². The van der Waals surface area contributed by atoms with Gasteiger partial charge < -0.3 is 79.1 Å². The molecular weight excluding hydrogens is 1110 g/mol. The van der Waals surface area contributed by atoms with Crippen LogP contribution in [0.3, 0.4) is 0 Å². The molecule has 15 atom stereocenters. The fourth-order valence-electron chi connectivity index (χ4n) is 10.3. The average molecular weight is 1210 g/mol. The number of carbonyl (C=O) groups is 3. The van der Waals surface area contributed by atoms with Crippen molar-refractivity contribution in [3.63, 3.8) is 0 Å². The number of rotatable bonds is 44. The molecule has 0 radical (unpaired) electrons. The van der Waals surface area contributed by atoms with Crippen LogP contribution in [0.5, 0.6) is 0 Å². The summed E-state index contributed by atoms with van der Waals surface area (Å²) in [6.07, 6.45) is -3.12. The number of esters is 2. The first-order valence-corrected chi connectivity index (χ1v) is 32.0. The highest BCUT2D eigenvalue weighted by Crippen LogP contribution is 2.48. The van der Waals surface area contributed by atoms with E-state index in [4.69, 9.17) is 37.5 Å². The van der Waals surface area contributed by atoms with Crippen molar-refractivity contribution < 1.29 is 115 Å². The zero-order chi connectivity index (χ0) is 60.5. The number of nitrogens with zero attached hydrogens (tertiary/aromatic N) is 1. The quantitative estimate of drug-likeness (QED) is 0.0179. The Morgan fingerprint density at radius 2 is 0.890 bits per heavy atom. The van der Waals surface area contributed by atoms with Crippen LogP contribution < -0.4 is 0 Å². The minimum absolute atomic E-state index is 0.0293. The molecule has 482 valence electrons. The molecule has 9 N–H and O–H groups in total. The Hall–Kier alpha value is -2.17. The van der Waals surface area contributed by atoms with Crippen LogP contribution in [-0.4, -0.2) is 200 Å². The Morgan fingerprint density at radius 1 is 0.537 bits per heavy atom. The van der Waals surface area contributed by atoms with Crippen LogP contribution in [-0.2, 0) is 56.4 Å². The molecule has 0 aliphatic carbocycles. The number of halogens is 3. The van der Waals surface area contributed by atoms with Gasteiger partial charge in [0.05, 0.1) is 32.9 Å². The van der Waals surface area contributed by atoms with Gasteiger partial charge in [0.1, 0.15) is 73.8 Å². The van der Waals surface area contributed by atoms with E-state index in [9.17, 15) is 77.9 Å². The van der Waals surface area contributed by atoms with Gasteiger partial charge >= 0.3 is 31.8 Å². The van der Waals surface area contributed by atoms with Gasteiger partial charge in [-0.05, 0) is 12.8 Å². The van der Waals surface area contributed by atoms with Crippen LogP contribution in [0.15, 0.2) is 0 Å². The smallest absolute Gasteiger partial charge is 0.462 e. The summed E-state index contributed by atoms with van der Waals surface area (Å²) in [7, 11) is -5.65. The van der Waals surface area contributed by atoms with E-state index in [1.807, 2.05) is 0 Å². The number of likely N-dealkylation sites (tertiary alicyclic amines) is 1. The van der Waals surface area contributed by atoms with Gasteiger partial charge in [-0.25, -0.2) is 4.57 Å². The fraction of sp³-hybridized carbons (Fsp3) is 0.946. The third kappa shape index (κ3) is 28.1. The first-order valence-electron chi connectivity index (χ1n) is 30.5. The lowest BCUT2D eigenvalue weighted by atomic mass is 9.97. The van der Waals surface area contributed by atoms with Crippen LogP contribution in [0.2, 0.25) is 0 Å². The lowest BCUT2D eigenvalue weighted by Gasteiger charge is -2.48. The zero-order valence-corrected chi connectivity index (χ0v) is 49.4. The molecule has 0 aromatic heterocycles. The number of aliphatic hydroxyl groups is 8. The van der Waals surface area contributed by atoms with Crippen molar-refractivity contribution in [2.45, 2.75) is 298 Å². The second-order valence-corrected chi connectivity index (χ2v) is 23.7. The molecule has 1 amide bonds. The highest BCUT2D eigenvalue weighted by atomic mass is 31.2. The van der Waals surface area contributed by atoms with E-state index >= 15 is 0 Å². The number of carbonyl (C=O) groups excluding carboxylic acids is 3. The van der Waals surface area contributed by atoms with Crippen LogP contribution in [0.25, 0.3) is 0 Å². The molecule has 3 fully saturated rings. The van der Waals surface area contributed by atoms with E-state index in [1.165, 1.54) is 103 Å². The minimum atomic E-state index is -5.65. The molecule has 3 aliphatic rings. The number of aliphatic hydroxyl groups excluding tert-OH is 8. The van der Waals surface area contributed by atoms with E-state index in [-0.39, 0.29) is 17.7 Å². The molecule has 0 spiro atoms. The molecule has 3 aliphatic heterocycles. The number of alkyl halides is 3. The molecule has 2 unspecified atom stereocenters. The lowest BCUT2D eigenvalue weighted by Crippen LogP contribution is -2.66. The maximum atomic E-state index is 14.1. The molecule has 0 aromatic rings. The molecule has 0 bridgehead atoms. The number of amides is 1. The van der Waals surface area contributed by atoms with E-state index < -0.39 is 157 Å². The molecular formula is C56H101F3NO21P. The van der Waals surface area contributed by atoms with Gasteiger partial charge in [0.2, 0.25) is 0 Å². The SMILES string of the molecule is CCCCCCCCCCCCCCCCCC(=O)OC[C@H](COP(=O)(O)OC1[C@@H](O[C@@H]2O[C@@H](CO)[C@H](O)[C@@H](O)[C@H]2O)CN(C(=O)C(F)(F)F)C[C@H]1O[C@H]1O[C@H](CO)[C@@H](O)[C@H](O)[C@@H]1O)OC(=O)CCCCCCCCCCCCCCC. The largest absolute Gasteiger partial charge is 0.472 e. The summed E-state index contributed by atoms with van der Waals surface area (Å²) in [5.41, 5.74) is 0. The van der Waals surface area contributed by atoms with Gasteiger partial charge in [-0.1, -0.05) is 181 Å². The van der Waals surface area contributed by atoms with E-state index in [0.717, 1.165) is 57.8 Å².